The smallest absolute Gasteiger partial charge is 0.226 e. The molecule has 5 nitrogen and oxygen atoms in total. The van der Waals surface area contributed by atoms with Gasteiger partial charge in [0.15, 0.2) is 0 Å². The standard InChI is InChI=1S/C20H27NO4S/c1-13-10-16(13)18-5-4-15(25-18)12-21(14-2-3-14)19(22)17-11-20(17)6-8-26(23,24)9-7-20/h4-5,13-14,16-17H,2-3,6-12H2,1H3/t13-,16+,17-/m1/s1. The van der Waals surface area contributed by atoms with Crippen molar-refractivity contribution in [2.45, 2.75) is 64.0 Å². The Balaban J connectivity index is 1.26. The summed E-state index contributed by atoms with van der Waals surface area (Å²) >= 11 is 0. The highest BCUT2D eigenvalue weighted by Gasteiger charge is 2.61. The van der Waals surface area contributed by atoms with E-state index >= 15 is 0 Å². The molecule has 1 aliphatic heterocycles. The fourth-order valence-electron chi connectivity index (χ4n) is 4.73. The Bertz CT molecular complexity index is 824. The van der Waals surface area contributed by atoms with E-state index in [1.54, 1.807) is 0 Å². The third kappa shape index (κ3) is 3.00. The van der Waals surface area contributed by atoms with Crippen molar-refractivity contribution in [1.82, 2.24) is 4.90 Å². The molecular weight excluding hydrogens is 350 g/mol. The quantitative estimate of drug-likeness (QED) is 0.791. The number of hydrogen-bond acceptors (Lipinski definition) is 4. The van der Waals surface area contributed by atoms with Crippen LogP contribution in [-0.2, 0) is 21.2 Å². The van der Waals surface area contributed by atoms with Gasteiger partial charge in [0.25, 0.3) is 0 Å². The normalized spacial score (nSPS) is 33.8. The van der Waals surface area contributed by atoms with Gasteiger partial charge in [-0.3, -0.25) is 4.79 Å². The lowest BCUT2D eigenvalue weighted by atomic mass is 9.95. The van der Waals surface area contributed by atoms with E-state index in [0.29, 0.717) is 37.3 Å². The molecule has 3 saturated carbocycles. The van der Waals surface area contributed by atoms with Gasteiger partial charge in [-0.05, 0) is 62.0 Å². The van der Waals surface area contributed by atoms with Gasteiger partial charge in [0.1, 0.15) is 21.4 Å². The van der Waals surface area contributed by atoms with Crippen LogP contribution in [0.15, 0.2) is 16.5 Å². The van der Waals surface area contributed by atoms with Crippen molar-refractivity contribution in [2.24, 2.45) is 17.3 Å². The molecule has 0 radical (unpaired) electrons. The first-order valence-corrected chi connectivity index (χ1v) is 11.8. The summed E-state index contributed by atoms with van der Waals surface area (Å²) in [6, 6.07) is 4.45. The summed E-state index contributed by atoms with van der Waals surface area (Å²) in [6.45, 7) is 2.80. The van der Waals surface area contributed by atoms with E-state index in [1.165, 1.54) is 6.42 Å². The lowest BCUT2D eigenvalue weighted by molar-refractivity contribution is -0.135. The van der Waals surface area contributed by atoms with Gasteiger partial charge in [0.2, 0.25) is 5.91 Å². The van der Waals surface area contributed by atoms with Gasteiger partial charge in [0.05, 0.1) is 18.1 Å². The highest BCUT2D eigenvalue weighted by molar-refractivity contribution is 7.91. The number of rotatable bonds is 5. The zero-order chi connectivity index (χ0) is 18.1. The van der Waals surface area contributed by atoms with Crippen molar-refractivity contribution >= 4 is 15.7 Å². The summed E-state index contributed by atoms with van der Waals surface area (Å²) < 4.78 is 29.5. The number of hydrogen-bond donors (Lipinski definition) is 0. The molecule has 3 aliphatic carbocycles. The molecule has 0 N–H and O–H groups in total. The number of carbonyl (C=O) groups is 1. The Morgan fingerprint density at radius 2 is 1.96 bits per heavy atom. The first-order valence-electron chi connectivity index (χ1n) is 9.96. The molecule has 6 heteroatoms. The first-order chi connectivity index (χ1) is 12.4. The maximum absolute atomic E-state index is 13.2. The summed E-state index contributed by atoms with van der Waals surface area (Å²) in [4.78, 5) is 15.2. The largest absolute Gasteiger partial charge is 0.464 e. The zero-order valence-electron chi connectivity index (χ0n) is 15.3. The van der Waals surface area contributed by atoms with Crippen LogP contribution in [-0.4, -0.2) is 36.8 Å². The van der Waals surface area contributed by atoms with Crippen LogP contribution in [0.1, 0.15) is 62.9 Å². The number of nitrogens with zero attached hydrogens (tertiary/aromatic N) is 1. The molecule has 0 bridgehead atoms. The Labute approximate surface area is 155 Å². The van der Waals surface area contributed by atoms with Crippen molar-refractivity contribution in [3.8, 4) is 0 Å². The van der Waals surface area contributed by atoms with Gasteiger partial charge in [0, 0.05) is 17.9 Å². The van der Waals surface area contributed by atoms with E-state index < -0.39 is 9.84 Å². The van der Waals surface area contributed by atoms with Gasteiger partial charge < -0.3 is 9.32 Å². The number of sulfone groups is 1. The molecule has 3 atom stereocenters. The lowest BCUT2D eigenvalue weighted by Crippen LogP contribution is -2.36. The van der Waals surface area contributed by atoms with Crippen molar-refractivity contribution in [1.29, 1.82) is 0 Å². The Hall–Kier alpha value is -1.30. The zero-order valence-corrected chi connectivity index (χ0v) is 16.1. The van der Waals surface area contributed by atoms with Gasteiger partial charge in [-0.2, -0.15) is 0 Å². The van der Waals surface area contributed by atoms with Crippen molar-refractivity contribution < 1.29 is 17.6 Å². The van der Waals surface area contributed by atoms with Gasteiger partial charge in [-0.1, -0.05) is 6.92 Å². The van der Waals surface area contributed by atoms with Crippen LogP contribution in [0.25, 0.3) is 0 Å². The van der Waals surface area contributed by atoms with E-state index in [-0.39, 0.29) is 28.7 Å². The molecule has 1 spiro atoms. The topological polar surface area (TPSA) is 67.6 Å². The van der Waals surface area contributed by atoms with E-state index in [2.05, 4.69) is 13.0 Å². The molecule has 0 unspecified atom stereocenters. The second-order valence-corrected chi connectivity index (χ2v) is 11.4. The molecule has 0 aromatic carbocycles. The fraction of sp³-hybridized carbons (Fsp3) is 0.750. The molecule has 1 saturated heterocycles. The third-order valence-electron chi connectivity index (χ3n) is 7.06. The molecular formula is C20H27NO4S. The highest BCUT2D eigenvalue weighted by atomic mass is 32.2. The SMILES string of the molecule is C[C@@H]1C[C@@H]1c1ccc(CN(C(=O)[C@H]2CC23CCS(=O)(=O)CC3)C2CC2)o1. The van der Waals surface area contributed by atoms with Gasteiger partial charge in [-0.15, -0.1) is 0 Å². The van der Waals surface area contributed by atoms with Crippen LogP contribution in [0.3, 0.4) is 0 Å². The molecule has 26 heavy (non-hydrogen) atoms. The summed E-state index contributed by atoms with van der Waals surface area (Å²) in [6.07, 6.45) is 5.54. The maximum atomic E-state index is 13.2. The van der Waals surface area contributed by atoms with Crippen molar-refractivity contribution in [3.63, 3.8) is 0 Å². The summed E-state index contributed by atoms with van der Waals surface area (Å²) in [5.41, 5.74) is -0.0344. The molecule has 1 aromatic heterocycles. The Morgan fingerprint density at radius 3 is 2.58 bits per heavy atom. The summed E-state index contributed by atoms with van der Waals surface area (Å²) in [5.74, 6) is 3.98. The minimum atomic E-state index is -2.88. The summed E-state index contributed by atoms with van der Waals surface area (Å²) in [5, 5.41) is 0. The van der Waals surface area contributed by atoms with Crippen LogP contribution in [0.2, 0.25) is 0 Å². The van der Waals surface area contributed by atoms with E-state index in [0.717, 1.165) is 30.8 Å². The maximum Gasteiger partial charge on any atom is 0.226 e. The first kappa shape index (κ1) is 16.8. The van der Waals surface area contributed by atoms with Crippen LogP contribution in [0.4, 0.5) is 0 Å². The predicted octanol–water partition coefficient (Wildman–Crippen LogP) is 3.11. The summed E-state index contributed by atoms with van der Waals surface area (Å²) in [7, 11) is -2.88. The van der Waals surface area contributed by atoms with E-state index in [4.69, 9.17) is 4.42 Å². The number of amides is 1. The molecule has 1 amide bonds. The molecule has 142 valence electrons. The average Bonchev–Trinajstić information content (AvgIpc) is 3.52. The van der Waals surface area contributed by atoms with Crippen LogP contribution < -0.4 is 0 Å². The number of carbonyl (C=O) groups excluding carboxylic acids is 1. The van der Waals surface area contributed by atoms with Gasteiger partial charge >= 0.3 is 0 Å². The van der Waals surface area contributed by atoms with Crippen LogP contribution in [0.5, 0.6) is 0 Å². The molecule has 4 fully saturated rings. The Morgan fingerprint density at radius 1 is 1.27 bits per heavy atom. The number of furan rings is 1. The second kappa shape index (κ2) is 5.60. The Kier molecular flexibility index (Phi) is 3.63. The molecule has 5 rings (SSSR count). The minimum Gasteiger partial charge on any atom is -0.464 e. The molecule has 1 aromatic rings. The van der Waals surface area contributed by atoms with Crippen LogP contribution in [0, 0.1) is 17.3 Å². The molecule has 2 heterocycles. The van der Waals surface area contributed by atoms with Crippen molar-refractivity contribution in [3.05, 3.63) is 23.7 Å². The van der Waals surface area contributed by atoms with E-state index in [9.17, 15) is 13.2 Å². The second-order valence-electron chi connectivity index (χ2n) is 9.09. The molecule has 4 aliphatic rings. The predicted molar refractivity (Wildman–Crippen MR) is 97.2 cm³/mol. The van der Waals surface area contributed by atoms with E-state index in [1.807, 2.05) is 11.0 Å². The lowest BCUT2D eigenvalue weighted by Gasteiger charge is -2.26. The minimum absolute atomic E-state index is 0.0245. The fourth-order valence-corrected chi connectivity index (χ4v) is 6.37. The van der Waals surface area contributed by atoms with Crippen molar-refractivity contribution in [2.75, 3.05) is 11.5 Å². The van der Waals surface area contributed by atoms with Crippen LogP contribution >= 0.6 is 0 Å². The monoisotopic (exact) mass is 377 g/mol. The third-order valence-corrected chi connectivity index (χ3v) is 8.72. The average molecular weight is 378 g/mol. The highest BCUT2D eigenvalue weighted by Crippen LogP contribution is 2.61. The van der Waals surface area contributed by atoms with Gasteiger partial charge in [-0.25, -0.2) is 8.42 Å².